The smallest absolute Gasteiger partial charge is 0.331 e. The van der Waals surface area contributed by atoms with Crippen LogP contribution in [-0.2, 0) is 19.1 Å². The van der Waals surface area contributed by atoms with Crippen LogP contribution in [-0.4, -0.2) is 42.9 Å². The minimum Gasteiger partial charge on any atom is -0.452 e. The van der Waals surface area contributed by atoms with E-state index in [1.165, 1.54) is 29.4 Å². The van der Waals surface area contributed by atoms with E-state index in [0.717, 1.165) is 10.4 Å². The number of likely N-dealkylation sites (N-methyl/N-ethyl adjacent to an activating group) is 1. The highest BCUT2D eigenvalue weighted by Gasteiger charge is 2.15. The average molecular weight is 407 g/mol. The van der Waals surface area contributed by atoms with Crippen LogP contribution >= 0.6 is 22.9 Å². The number of benzene rings is 1. The van der Waals surface area contributed by atoms with Gasteiger partial charge in [0.15, 0.2) is 6.61 Å². The van der Waals surface area contributed by atoms with Crippen molar-refractivity contribution in [1.82, 2.24) is 4.90 Å². The third-order valence-corrected chi connectivity index (χ3v) is 4.88. The van der Waals surface area contributed by atoms with Crippen molar-refractivity contribution in [1.29, 1.82) is 0 Å². The molecule has 2 amide bonds. The number of hydrogen-bond donors (Lipinski definition) is 1. The number of esters is 1. The van der Waals surface area contributed by atoms with Gasteiger partial charge in [-0.05, 0) is 42.1 Å². The molecule has 0 radical (unpaired) electrons. The van der Waals surface area contributed by atoms with Crippen molar-refractivity contribution in [3.63, 3.8) is 0 Å². The first-order valence-electron chi connectivity index (χ1n) is 8.04. The summed E-state index contributed by atoms with van der Waals surface area (Å²) in [6.45, 7) is 1.31. The van der Waals surface area contributed by atoms with Crippen LogP contribution < -0.4 is 5.32 Å². The first-order valence-corrected chi connectivity index (χ1v) is 9.30. The number of thiophene rings is 1. The third-order valence-electron chi connectivity index (χ3n) is 3.56. The topological polar surface area (TPSA) is 75.7 Å². The molecule has 8 heteroatoms. The number of nitrogens with one attached hydrogen (secondary N) is 1. The summed E-state index contributed by atoms with van der Waals surface area (Å²) in [5.41, 5.74) is 1.52. The lowest BCUT2D eigenvalue weighted by atomic mass is 10.3. The molecule has 0 saturated carbocycles. The highest BCUT2D eigenvalue weighted by Crippen LogP contribution is 2.20. The monoisotopic (exact) mass is 406 g/mol. The minimum atomic E-state index is -0.620. The van der Waals surface area contributed by atoms with Crippen LogP contribution in [0.5, 0.6) is 0 Å². The number of ether oxygens (including phenoxy) is 1. The number of amides is 2. The summed E-state index contributed by atoms with van der Waals surface area (Å²) in [6, 6.07) is 8.74. The van der Waals surface area contributed by atoms with Gasteiger partial charge in [-0.2, -0.15) is 0 Å². The van der Waals surface area contributed by atoms with E-state index in [0.29, 0.717) is 10.7 Å². The fourth-order valence-corrected chi connectivity index (χ4v) is 3.05. The predicted molar refractivity (Wildman–Crippen MR) is 107 cm³/mol. The molecular weight excluding hydrogens is 388 g/mol. The van der Waals surface area contributed by atoms with E-state index in [1.54, 1.807) is 30.3 Å². The van der Waals surface area contributed by atoms with E-state index in [1.807, 2.05) is 18.4 Å². The molecule has 6 nitrogen and oxygen atoms in total. The highest BCUT2D eigenvalue weighted by atomic mass is 35.5. The summed E-state index contributed by atoms with van der Waals surface area (Å²) >= 11 is 7.48. The van der Waals surface area contributed by atoms with Gasteiger partial charge in [0, 0.05) is 18.0 Å². The van der Waals surface area contributed by atoms with Crippen LogP contribution in [0.15, 0.2) is 41.8 Å². The number of carbonyl (C=O) groups excluding carboxylic acids is 3. The van der Waals surface area contributed by atoms with Crippen molar-refractivity contribution in [2.45, 2.75) is 6.92 Å². The highest BCUT2D eigenvalue weighted by molar-refractivity contribution is 7.11. The largest absolute Gasteiger partial charge is 0.452 e. The van der Waals surface area contributed by atoms with Crippen LogP contribution in [0.3, 0.4) is 0 Å². The number of halogens is 1. The zero-order chi connectivity index (χ0) is 19.8. The number of anilines is 1. The molecule has 142 valence electrons. The second-order valence-electron chi connectivity index (χ2n) is 5.69. The standard InChI is InChI=1S/C19H19ClN2O4S/c1-13-9-10-27-16(13)7-8-19(25)26-12-18(24)22(2)11-17(23)21-15-6-4-3-5-14(15)20/h3-10H,11-12H2,1-2H3,(H,21,23)/b8-7+. The van der Waals surface area contributed by atoms with E-state index < -0.39 is 24.4 Å². The van der Waals surface area contributed by atoms with Gasteiger partial charge in [-0.15, -0.1) is 11.3 Å². The van der Waals surface area contributed by atoms with E-state index in [-0.39, 0.29) is 6.54 Å². The van der Waals surface area contributed by atoms with Gasteiger partial charge in [-0.3, -0.25) is 9.59 Å². The molecule has 0 bridgehead atoms. The predicted octanol–water partition coefficient (Wildman–Crippen LogP) is 3.36. The first kappa shape index (κ1) is 20.7. The quantitative estimate of drug-likeness (QED) is 0.565. The van der Waals surface area contributed by atoms with Crippen molar-refractivity contribution < 1.29 is 19.1 Å². The molecule has 1 heterocycles. The molecule has 0 unspecified atom stereocenters. The maximum absolute atomic E-state index is 12.0. The number of carbonyl (C=O) groups is 3. The summed E-state index contributed by atoms with van der Waals surface area (Å²) in [4.78, 5) is 37.8. The number of para-hydroxylation sites is 1. The van der Waals surface area contributed by atoms with Gasteiger partial charge in [0.25, 0.3) is 5.91 Å². The zero-order valence-corrected chi connectivity index (χ0v) is 16.5. The number of aryl methyl sites for hydroxylation is 1. The Kier molecular flexibility index (Phi) is 7.57. The summed E-state index contributed by atoms with van der Waals surface area (Å²) in [7, 11) is 1.45. The molecule has 0 aliphatic carbocycles. The molecular formula is C19H19ClN2O4S. The van der Waals surface area contributed by atoms with Gasteiger partial charge in [-0.1, -0.05) is 23.7 Å². The molecule has 0 aliphatic heterocycles. The summed E-state index contributed by atoms with van der Waals surface area (Å²) in [5, 5.41) is 4.95. The Morgan fingerprint density at radius 3 is 2.67 bits per heavy atom. The van der Waals surface area contributed by atoms with E-state index in [4.69, 9.17) is 16.3 Å². The first-order chi connectivity index (χ1) is 12.9. The third kappa shape index (κ3) is 6.54. The van der Waals surface area contributed by atoms with Gasteiger partial charge < -0.3 is 15.0 Å². The molecule has 2 aromatic rings. The molecule has 27 heavy (non-hydrogen) atoms. The maximum Gasteiger partial charge on any atom is 0.331 e. The second kappa shape index (κ2) is 9.89. The van der Waals surface area contributed by atoms with Crippen molar-refractivity contribution in [3.8, 4) is 0 Å². The molecule has 1 N–H and O–H groups in total. The summed E-state index contributed by atoms with van der Waals surface area (Å²) in [5.74, 6) is -1.51. The molecule has 1 aromatic heterocycles. The zero-order valence-electron chi connectivity index (χ0n) is 14.9. The van der Waals surface area contributed by atoms with E-state index >= 15 is 0 Å². The van der Waals surface area contributed by atoms with Crippen LogP contribution in [0, 0.1) is 6.92 Å². The van der Waals surface area contributed by atoms with Gasteiger partial charge in [-0.25, -0.2) is 4.79 Å². The minimum absolute atomic E-state index is 0.189. The van der Waals surface area contributed by atoms with Crippen molar-refractivity contribution in [2.75, 3.05) is 25.5 Å². The second-order valence-corrected chi connectivity index (χ2v) is 7.04. The Balaban J connectivity index is 1.77. The molecule has 0 spiro atoms. The van der Waals surface area contributed by atoms with Crippen molar-refractivity contribution in [2.24, 2.45) is 0 Å². The Hall–Kier alpha value is -2.64. The number of rotatable bonds is 7. The molecule has 0 saturated heterocycles. The van der Waals surface area contributed by atoms with Crippen LogP contribution in [0.1, 0.15) is 10.4 Å². The fraction of sp³-hybridized carbons (Fsp3) is 0.211. The Morgan fingerprint density at radius 1 is 1.26 bits per heavy atom. The molecule has 0 fully saturated rings. The van der Waals surface area contributed by atoms with E-state index in [2.05, 4.69) is 5.32 Å². The maximum atomic E-state index is 12.0. The summed E-state index contributed by atoms with van der Waals surface area (Å²) in [6.07, 6.45) is 2.92. The number of hydrogen-bond acceptors (Lipinski definition) is 5. The molecule has 1 aromatic carbocycles. The van der Waals surface area contributed by atoms with Gasteiger partial charge in [0.2, 0.25) is 5.91 Å². The van der Waals surface area contributed by atoms with Gasteiger partial charge >= 0.3 is 5.97 Å². The Labute approximate surface area is 166 Å². The Morgan fingerprint density at radius 2 is 2.00 bits per heavy atom. The lowest BCUT2D eigenvalue weighted by Gasteiger charge is -2.16. The number of nitrogens with zero attached hydrogens (tertiary/aromatic N) is 1. The van der Waals surface area contributed by atoms with Gasteiger partial charge in [0.05, 0.1) is 17.3 Å². The summed E-state index contributed by atoms with van der Waals surface area (Å²) < 4.78 is 4.92. The molecule has 0 aliphatic rings. The lowest BCUT2D eigenvalue weighted by Crippen LogP contribution is -2.37. The van der Waals surface area contributed by atoms with Gasteiger partial charge in [0.1, 0.15) is 0 Å². The lowest BCUT2D eigenvalue weighted by molar-refractivity contribution is -0.148. The van der Waals surface area contributed by atoms with Crippen LogP contribution in [0.4, 0.5) is 5.69 Å². The van der Waals surface area contributed by atoms with Crippen molar-refractivity contribution in [3.05, 3.63) is 57.3 Å². The van der Waals surface area contributed by atoms with Crippen LogP contribution in [0.2, 0.25) is 5.02 Å². The van der Waals surface area contributed by atoms with E-state index in [9.17, 15) is 14.4 Å². The molecule has 0 atom stereocenters. The molecule has 2 rings (SSSR count). The van der Waals surface area contributed by atoms with Crippen LogP contribution in [0.25, 0.3) is 6.08 Å². The normalized spacial score (nSPS) is 10.6. The SMILES string of the molecule is Cc1ccsc1/C=C/C(=O)OCC(=O)N(C)CC(=O)Nc1ccccc1Cl. The Bertz CT molecular complexity index is 863. The van der Waals surface area contributed by atoms with Crippen molar-refractivity contribution >= 4 is 52.5 Å². The fourth-order valence-electron chi connectivity index (χ4n) is 2.05. The average Bonchev–Trinajstić information content (AvgIpc) is 3.04.